The highest BCUT2D eigenvalue weighted by atomic mass is 32.2. The Morgan fingerprint density at radius 2 is 2.67 bits per heavy atom. The Morgan fingerprint density at radius 1 is 1.78 bits per heavy atom. The van der Waals surface area contributed by atoms with Crippen molar-refractivity contribution < 1.29 is 4.42 Å². The van der Waals surface area contributed by atoms with Crippen LogP contribution in [0.25, 0.3) is 0 Å². The van der Waals surface area contributed by atoms with Crippen molar-refractivity contribution in [3.63, 3.8) is 0 Å². The van der Waals surface area contributed by atoms with Gasteiger partial charge in [-0.25, -0.2) is 0 Å². The Hall–Kier alpha value is -0.370. The predicted molar refractivity (Wildman–Crippen MR) is 40.2 cm³/mol. The van der Waals surface area contributed by atoms with Crippen LogP contribution in [0.3, 0.4) is 0 Å². The highest BCUT2D eigenvalue weighted by molar-refractivity contribution is 8.01. The first-order chi connectivity index (χ1) is 4.43. The lowest BCUT2D eigenvalue weighted by molar-refractivity contribution is 0.546. The molecule has 1 aromatic heterocycles. The first kappa shape index (κ1) is 6.75. The quantitative estimate of drug-likeness (QED) is 0.641. The molecule has 49 valence electrons. The average molecular weight is 141 g/mol. The van der Waals surface area contributed by atoms with Gasteiger partial charge >= 0.3 is 0 Å². The summed E-state index contributed by atoms with van der Waals surface area (Å²) >= 11 is 1.75. The van der Waals surface area contributed by atoms with Crippen molar-refractivity contribution in [2.45, 2.75) is 6.92 Å². The van der Waals surface area contributed by atoms with Crippen LogP contribution in [0.4, 0.5) is 0 Å². The highest BCUT2D eigenvalue weighted by Crippen LogP contribution is 2.13. The van der Waals surface area contributed by atoms with Gasteiger partial charge in [-0.05, 0) is 17.9 Å². The molecule has 0 saturated carbocycles. The number of rotatable bonds is 3. The van der Waals surface area contributed by atoms with Crippen molar-refractivity contribution in [2.75, 3.05) is 5.75 Å². The number of hydrogen-bond acceptors (Lipinski definition) is 2. The molecule has 0 unspecified atom stereocenters. The van der Waals surface area contributed by atoms with Crippen LogP contribution in [-0.4, -0.2) is 5.75 Å². The monoisotopic (exact) mass is 141 g/mol. The van der Waals surface area contributed by atoms with E-state index >= 15 is 0 Å². The van der Waals surface area contributed by atoms with Gasteiger partial charge in [-0.3, -0.25) is 0 Å². The Bertz CT molecular complexity index is 146. The summed E-state index contributed by atoms with van der Waals surface area (Å²) in [6.07, 6.45) is 1.68. The fourth-order valence-electron chi connectivity index (χ4n) is 0.524. The SMILES string of the molecule is CCS[CH]c1ccco1. The zero-order chi connectivity index (χ0) is 6.53. The van der Waals surface area contributed by atoms with E-state index in [0.29, 0.717) is 0 Å². The van der Waals surface area contributed by atoms with E-state index in [4.69, 9.17) is 4.42 Å². The summed E-state index contributed by atoms with van der Waals surface area (Å²) in [4.78, 5) is 0. The minimum atomic E-state index is 0.946. The maximum Gasteiger partial charge on any atom is 0.118 e. The molecule has 9 heavy (non-hydrogen) atoms. The van der Waals surface area contributed by atoms with Crippen LogP contribution in [0, 0.1) is 5.75 Å². The van der Waals surface area contributed by atoms with Crippen LogP contribution in [0.5, 0.6) is 0 Å². The lowest BCUT2D eigenvalue weighted by atomic mass is 10.5. The fraction of sp³-hybridized carbons (Fsp3) is 0.286. The maximum atomic E-state index is 5.06. The van der Waals surface area contributed by atoms with E-state index in [1.165, 1.54) is 0 Å². The summed E-state index contributed by atoms with van der Waals surface area (Å²) in [5.41, 5.74) is 0. The topological polar surface area (TPSA) is 13.1 Å². The molecule has 1 aromatic rings. The largest absolute Gasteiger partial charge is 0.468 e. The van der Waals surface area contributed by atoms with Crippen LogP contribution in [0.15, 0.2) is 22.8 Å². The van der Waals surface area contributed by atoms with Crippen LogP contribution in [0.2, 0.25) is 0 Å². The zero-order valence-corrected chi connectivity index (χ0v) is 6.15. The molecule has 0 atom stereocenters. The molecule has 0 saturated heterocycles. The van der Waals surface area contributed by atoms with E-state index < -0.39 is 0 Å². The molecule has 0 aliphatic rings. The third kappa shape index (κ3) is 2.14. The van der Waals surface area contributed by atoms with Crippen molar-refractivity contribution in [1.82, 2.24) is 0 Å². The molecule has 0 spiro atoms. The smallest absolute Gasteiger partial charge is 0.118 e. The molecule has 1 heterocycles. The lowest BCUT2D eigenvalue weighted by Crippen LogP contribution is -1.69. The van der Waals surface area contributed by atoms with Crippen LogP contribution in [0.1, 0.15) is 12.7 Å². The Kier molecular flexibility index (Phi) is 2.71. The molecule has 0 amide bonds. The average Bonchev–Trinajstić information content (AvgIpc) is 2.34. The minimum Gasteiger partial charge on any atom is -0.468 e. The molecule has 0 fully saturated rings. The van der Waals surface area contributed by atoms with E-state index in [9.17, 15) is 0 Å². The molecule has 1 rings (SSSR count). The molecule has 1 nitrogen and oxygen atoms in total. The predicted octanol–water partition coefficient (Wildman–Crippen LogP) is 2.54. The maximum absolute atomic E-state index is 5.06. The summed E-state index contributed by atoms with van der Waals surface area (Å²) in [6, 6.07) is 3.84. The summed E-state index contributed by atoms with van der Waals surface area (Å²) in [7, 11) is 0. The molecular formula is C7H9OS. The highest BCUT2D eigenvalue weighted by Gasteiger charge is 1.92. The van der Waals surface area contributed by atoms with E-state index in [1.807, 2.05) is 17.9 Å². The van der Waals surface area contributed by atoms with Gasteiger partial charge in [0.15, 0.2) is 0 Å². The van der Waals surface area contributed by atoms with E-state index in [2.05, 4.69) is 6.92 Å². The van der Waals surface area contributed by atoms with Crippen molar-refractivity contribution >= 4 is 11.8 Å². The number of hydrogen-bond donors (Lipinski definition) is 0. The number of thioether (sulfide) groups is 1. The number of furan rings is 1. The van der Waals surface area contributed by atoms with E-state index in [0.717, 1.165) is 11.5 Å². The van der Waals surface area contributed by atoms with Gasteiger partial charge in [0, 0.05) is 0 Å². The summed E-state index contributed by atoms with van der Waals surface area (Å²) in [5, 5.41) is 0. The molecule has 0 aliphatic heterocycles. The van der Waals surface area contributed by atoms with Gasteiger partial charge in [0.05, 0.1) is 12.0 Å². The normalized spacial score (nSPS) is 9.89. The van der Waals surface area contributed by atoms with Gasteiger partial charge in [-0.2, -0.15) is 0 Å². The first-order valence-electron chi connectivity index (χ1n) is 2.92. The van der Waals surface area contributed by atoms with Crippen molar-refractivity contribution in [1.29, 1.82) is 0 Å². The van der Waals surface area contributed by atoms with Gasteiger partial charge in [0.1, 0.15) is 5.76 Å². The van der Waals surface area contributed by atoms with E-state index in [1.54, 1.807) is 18.0 Å². The summed E-state index contributed by atoms with van der Waals surface area (Å²) in [5.74, 6) is 4.06. The van der Waals surface area contributed by atoms with Gasteiger partial charge in [-0.1, -0.05) is 6.92 Å². The minimum absolute atomic E-state index is 0.946. The third-order valence-electron chi connectivity index (χ3n) is 0.909. The van der Waals surface area contributed by atoms with Crippen LogP contribution in [-0.2, 0) is 0 Å². The second-order valence-electron chi connectivity index (χ2n) is 1.59. The Morgan fingerprint density at radius 3 is 3.22 bits per heavy atom. The zero-order valence-electron chi connectivity index (χ0n) is 5.33. The van der Waals surface area contributed by atoms with Crippen molar-refractivity contribution in [3.8, 4) is 0 Å². The third-order valence-corrected chi connectivity index (χ3v) is 1.64. The molecule has 2 heteroatoms. The van der Waals surface area contributed by atoms with Crippen LogP contribution < -0.4 is 0 Å². The molecule has 0 aliphatic carbocycles. The molecule has 0 bridgehead atoms. The van der Waals surface area contributed by atoms with Crippen molar-refractivity contribution in [2.24, 2.45) is 0 Å². The summed E-state index contributed by atoms with van der Waals surface area (Å²) in [6.45, 7) is 2.12. The van der Waals surface area contributed by atoms with Gasteiger partial charge in [-0.15, -0.1) is 11.8 Å². The second-order valence-corrected chi connectivity index (χ2v) is 2.73. The summed E-state index contributed by atoms with van der Waals surface area (Å²) < 4.78 is 5.06. The van der Waals surface area contributed by atoms with Crippen molar-refractivity contribution in [3.05, 3.63) is 29.9 Å². The fourth-order valence-corrected chi connectivity index (χ4v) is 0.989. The molecular weight excluding hydrogens is 132 g/mol. The molecule has 0 N–H and O–H groups in total. The molecule has 1 radical (unpaired) electrons. The standard InChI is InChI=1S/C7H9OS/c1-2-9-6-7-4-3-5-8-7/h3-6H,2H2,1H3. The second kappa shape index (κ2) is 3.62. The van der Waals surface area contributed by atoms with E-state index in [-0.39, 0.29) is 0 Å². The molecule has 0 aromatic carbocycles. The first-order valence-corrected chi connectivity index (χ1v) is 3.96. The Balaban J connectivity index is 2.30. The van der Waals surface area contributed by atoms with Crippen LogP contribution >= 0.6 is 11.8 Å². The van der Waals surface area contributed by atoms with Gasteiger partial charge in [0.2, 0.25) is 0 Å². The van der Waals surface area contributed by atoms with Gasteiger partial charge in [0.25, 0.3) is 0 Å². The van der Waals surface area contributed by atoms with Gasteiger partial charge < -0.3 is 4.42 Å². The lowest BCUT2D eigenvalue weighted by Gasteiger charge is -1.89. The Labute approximate surface area is 59.4 Å².